The molecule has 3 aromatic rings. The lowest BCUT2D eigenvalue weighted by molar-refractivity contribution is 0.0998. The molecule has 0 spiro atoms. The van der Waals surface area contributed by atoms with Crippen LogP contribution in [0.25, 0.3) is 0 Å². The predicted molar refractivity (Wildman–Crippen MR) is 77.8 cm³/mol. The van der Waals surface area contributed by atoms with Crippen molar-refractivity contribution in [2.75, 3.05) is 4.90 Å². The summed E-state index contributed by atoms with van der Waals surface area (Å²) in [6.07, 6.45) is 2.59. The van der Waals surface area contributed by atoms with E-state index in [1.165, 1.54) is 12.4 Å². The first-order valence-corrected chi connectivity index (χ1v) is 6.61. The minimum absolute atomic E-state index is 0.151. The molecule has 7 heteroatoms. The van der Waals surface area contributed by atoms with Crippen LogP contribution in [-0.2, 0) is 0 Å². The second kappa shape index (κ2) is 5.96. The molecule has 0 saturated carbocycles. The number of carbonyl (C=O) groups is 1. The number of nitrogens with zero attached hydrogens (tertiary/aromatic N) is 2. The average molecular weight is 317 g/mol. The van der Waals surface area contributed by atoms with Crippen molar-refractivity contribution < 1.29 is 18.0 Å². The number of hydrogen-bond donors (Lipinski definition) is 1. The third kappa shape index (κ3) is 2.68. The Kier molecular flexibility index (Phi) is 3.84. The molecular weight excluding hydrogens is 307 g/mol. The van der Waals surface area contributed by atoms with Crippen molar-refractivity contribution in [3.8, 4) is 0 Å². The number of rotatable bonds is 3. The molecule has 0 saturated heterocycles. The number of benzene rings is 2. The quantitative estimate of drug-likeness (QED) is 0.747. The van der Waals surface area contributed by atoms with Gasteiger partial charge in [0.1, 0.15) is 0 Å². The number of anilines is 2. The number of para-hydroxylation sites is 1. The SMILES string of the molecule is O=C(c1cn[nH]c1)N(c1ccccc1)c1ccc(F)c(F)c1F. The normalized spacial score (nSPS) is 10.6. The molecule has 0 fully saturated rings. The molecule has 0 aliphatic rings. The Morgan fingerprint density at radius 1 is 1.00 bits per heavy atom. The van der Waals surface area contributed by atoms with Crippen LogP contribution in [0.2, 0.25) is 0 Å². The smallest absolute Gasteiger partial charge is 0.266 e. The van der Waals surface area contributed by atoms with E-state index >= 15 is 0 Å². The summed E-state index contributed by atoms with van der Waals surface area (Å²) in [5, 5.41) is 6.14. The predicted octanol–water partition coefficient (Wildman–Crippen LogP) is 3.81. The highest BCUT2D eigenvalue weighted by molar-refractivity contribution is 6.10. The van der Waals surface area contributed by atoms with Crippen LogP contribution in [-0.4, -0.2) is 16.1 Å². The number of nitrogens with one attached hydrogen (secondary N) is 1. The van der Waals surface area contributed by atoms with E-state index in [1.807, 2.05) is 0 Å². The van der Waals surface area contributed by atoms with Gasteiger partial charge < -0.3 is 0 Å². The summed E-state index contributed by atoms with van der Waals surface area (Å²) >= 11 is 0. The zero-order valence-corrected chi connectivity index (χ0v) is 11.6. The van der Waals surface area contributed by atoms with Gasteiger partial charge in [0, 0.05) is 11.9 Å². The molecule has 2 aromatic carbocycles. The number of hydrogen-bond acceptors (Lipinski definition) is 2. The van der Waals surface area contributed by atoms with Crippen LogP contribution < -0.4 is 4.90 Å². The van der Waals surface area contributed by atoms with E-state index in [2.05, 4.69) is 10.2 Å². The van der Waals surface area contributed by atoms with E-state index in [9.17, 15) is 18.0 Å². The van der Waals surface area contributed by atoms with Gasteiger partial charge in [0.05, 0.1) is 17.4 Å². The lowest BCUT2D eigenvalue weighted by Crippen LogP contribution is -2.27. The molecule has 0 atom stereocenters. The minimum atomic E-state index is -1.64. The Balaban J connectivity index is 2.17. The maximum atomic E-state index is 14.2. The molecule has 1 N–H and O–H groups in total. The van der Waals surface area contributed by atoms with Crippen molar-refractivity contribution in [3.05, 3.63) is 77.9 Å². The molecule has 1 aromatic heterocycles. The fourth-order valence-electron chi connectivity index (χ4n) is 2.13. The zero-order chi connectivity index (χ0) is 16.4. The Hall–Kier alpha value is -3.09. The van der Waals surface area contributed by atoms with Crippen LogP contribution >= 0.6 is 0 Å². The lowest BCUT2D eigenvalue weighted by atomic mass is 10.2. The van der Waals surface area contributed by atoms with Crippen molar-refractivity contribution in [3.63, 3.8) is 0 Å². The van der Waals surface area contributed by atoms with Crippen LogP contribution in [0, 0.1) is 17.5 Å². The Morgan fingerprint density at radius 3 is 2.39 bits per heavy atom. The average Bonchev–Trinajstić information content (AvgIpc) is 3.10. The van der Waals surface area contributed by atoms with Gasteiger partial charge in [0.2, 0.25) is 0 Å². The molecule has 0 radical (unpaired) electrons. The number of aromatic amines is 1. The van der Waals surface area contributed by atoms with Gasteiger partial charge in [0.25, 0.3) is 5.91 Å². The van der Waals surface area contributed by atoms with Gasteiger partial charge >= 0.3 is 0 Å². The first-order valence-electron chi connectivity index (χ1n) is 6.61. The molecule has 0 aliphatic carbocycles. The van der Waals surface area contributed by atoms with E-state index in [0.717, 1.165) is 17.0 Å². The summed E-state index contributed by atoms with van der Waals surface area (Å²) in [6.45, 7) is 0. The number of amides is 1. The largest absolute Gasteiger partial charge is 0.285 e. The van der Waals surface area contributed by atoms with Crippen LogP contribution in [0.15, 0.2) is 54.9 Å². The van der Waals surface area contributed by atoms with Gasteiger partial charge in [-0.05, 0) is 24.3 Å². The number of aromatic nitrogens is 2. The fraction of sp³-hybridized carbons (Fsp3) is 0. The van der Waals surface area contributed by atoms with E-state index in [1.54, 1.807) is 30.3 Å². The van der Waals surface area contributed by atoms with Crippen molar-refractivity contribution in [1.29, 1.82) is 0 Å². The molecule has 0 unspecified atom stereocenters. The van der Waals surface area contributed by atoms with Gasteiger partial charge in [-0.3, -0.25) is 14.8 Å². The van der Waals surface area contributed by atoms with Gasteiger partial charge in [-0.25, -0.2) is 13.2 Å². The van der Waals surface area contributed by atoms with Crippen molar-refractivity contribution in [2.24, 2.45) is 0 Å². The van der Waals surface area contributed by atoms with Crippen LogP contribution in [0.3, 0.4) is 0 Å². The molecule has 1 heterocycles. The molecular formula is C16H10F3N3O. The molecule has 0 bridgehead atoms. The van der Waals surface area contributed by atoms with Crippen molar-refractivity contribution in [2.45, 2.75) is 0 Å². The minimum Gasteiger partial charge on any atom is -0.285 e. The van der Waals surface area contributed by atoms with Crippen molar-refractivity contribution in [1.82, 2.24) is 10.2 Å². The van der Waals surface area contributed by atoms with Gasteiger partial charge in [0.15, 0.2) is 17.5 Å². The Bertz CT molecular complexity index is 835. The van der Waals surface area contributed by atoms with E-state index < -0.39 is 23.4 Å². The monoisotopic (exact) mass is 317 g/mol. The van der Waals surface area contributed by atoms with Crippen LogP contribution in [0.1, 0.15) is 10.4 Å². The van der Waals surface area contributed by atoms with Gasteiger partial charge in [-0.15, -0.1) is 0 Å². The summed E-state index contributed by atoms with van der Waals surface area (Å²) in [7, 11) is 0. The van der Waals surface area contributed by atoms with E-state index in [0.29, 0.717) is 5.69 Å². The molecule has 23 heavy (non-hydrogen) atoms. The Morgan fingerprint density at radius 2 is 1.74 bits per heavy atom. The Labute approximate surface area is 129 Å². The summed E-state index contributed by atoms with van der Waals surface area (Å²) in [6, 6.07) is 9.89. The van der Waals surface area contributed by atoms with Crippen LogP contribution in [0.4, 0.5) is 24.5 Å². The molecule has 3 rings (SSSR count). The standard InChI is InChI=1S/C16H10F3N3O/c17-12-6-7-13(15(19)14(12)18)22(11-4-2-1-3-5-11)16(23)10-8-20-21-9-10/h1-9H,(H,20,21). The summed E-state index contributed by atoms with van der Waals surface area (Å²) in [4.78, 5) is 13.6. The maximum Gasteiger partial charge on any atom is 0.266 e. The second-order valence-electron chi connectivity index (χ2n) is 4.66. The topological polar surface area (TPSA) is 49.0 Å². The first kappa shape index (κ1) is 14.8. The second-order valence-corrected chi connectivity index (χ2v) is 4.66. The highest BCUT2D eigenvalue weighted by Gasteiger charge is 2.26. The summed E-state index contributed by atoms with van der Waals surface area (Å²) < 4.78 is 40.9. The molecule has 1 amide bonds. The summed E-state index contributed by atoms with van der Waals surface area (Å²) in [5.74, 6) is -5.03. The molecule has 4 nitrogen and oxygen atoms in total. The van der Waals surface area contributed by atoms with Gasteiger partial charge in [-0.1, -0.05) is 18.2 Å². The number of carbonyl (C=O) groups excluding carboxylic acids is 1. The lowest BCUT2D eigenvalue weighted by Gasteiger charge is -2.23. The third-order valence-electron chi connectivity index (χ3n) is 3.22. The number of H-pyrrole nitrogens is 1. The first-order chi connectivity index (χ1) is 11.1. The molecule has 116 valence electrons. The fourth-order valence-corrected chi connectivity index (χ4v) is 2.13. The van der Waals surface area contributed by atoms with Gasteiger partial charge in [-0.2, -0.15) is 5.10 Å². The molecule has 0 aliphatic heterocycles. The summed E-state index contributed by atoms with van der Waals surface area (Å²) in [5.41, 5.74) is 0.0721. The van der Waals surface area contributed by atoms with E-state index in [-0.39, 0.29) is 11.3 Å². The highest BCUT2D eigenvalue weighted by atomic mass is 19.2. The zero-order valence-electron chi connectivity index (χ0n) is 11.6. The van der Waals surface area contributed by atoms with E-state index in [4.69, 9.17) is 0 Å². The van der Waals surface area contributed by atoms with Crippen molar-refractivity contribution >= 4 is 17.3 Å². The maximum absolute atomic E-state index is 14.2. The van der Waals surface area contributed by atoms with Crippen LogP contribution in [0.5, 0.6) is 0 Å². The third-order valence-corrected chi connectivity index (χ3v) is 3.22. The number of halogens is 3. The highest BCUT2D eigenvalue weighted by Crippen LogP contribution is 2.31.